The number of carbonyl (C=O) groups is 1. The summed E-state index contributed by atoms with van der Waals surface area (Å²) >= 11 is 0. The van der Waals surface area contributed by atoms with Crippen LogP contribution in [-0.4, -0.2) is 24.1 Å². The Labute approximate surface area is 141 Å². The zero-order valence-electron chi connectivity index (χ0n) is 13.0. The van der Waals surface area contributed by atoms with Crippen molar-refractivity contribution in [3.63, 3.8) is 0 Å². The van der Waals surface area contributed by atoms with Gasteiger partial charge in [0, 0.05) is 12.2 Å². The minimum Gasteiger partial charge on any atom is -0.350 e. The summed E-state index contributed by atoms with van der Waals surface area (Å²) in [5, 5.41) is 10.9. The van der Waals surface area contributed by atoms with Crippen LogP contribution >= 0.6 is 0 Å². The Bertz CT molecular complexity index is 874. The van der Waals surface area contributed by atoms with Crippen LogP contribution in [0.2, 0.25) is 0 Å². The third-order valence-corrected chi connectivity index (χ3v) is 4.24. The number of sulfonamides is 1. The minimum atomic E-state index is -4.57. The van der Waals surface area contributed by atoms with Crippen LogP contribution in [0.1, 0.15) is 17.0 Å². The zero-order valence-corrected chi connectivity index (χ0v) is 13.9. The Kier molecular flexibility index (Phi) is 5.18. The average Bonchev–Trinajstić information content (AvgIpc) is 2.86. The number of halogens is 3. The lowest BCUT2D eigenvalue weighted by Crippen LogP contribution is -2.28. The molecule has 0 atom stereocenters. The molecule has 0 saturated carbocycles. The van der Waals surface area contributed by atoms with Gasteiger partial charge in [-0.3, -0.25) is 9.48 Å². The Morgan fingerprint density at radius 2 is 1.88 bits per heavy atom. The third-order valence-electron chi connectivity index (χ3n) is 3.31. The van der Waals surface area contributed by atoms with Crippen LogP contribution in [-0.2, 0) is 34.1 Å². The number of amides is 1. The number of hydrogen-bond donors (Lipinski definition) is 2. The van der Waals surface area contributed by atoms with Crippen molar-refractivity contribution in [2.75, 3.05) is 0 Å². The molecule has 0 fully saturated rings. The molecule has 0 aliphatic rings. The molecule has 1 heterocycles. The number of rotatable bonds is 5. The van der Waals surface area contributed by atoms with Gasteiger partial charge in [0.05, 0.1) is 4.90 Å². The second-order valence-corrected chi connectivity index (χ2v) is 6.85. The Balaban J connectivity index is 1.96. The van der Waals surface area contributed by atoms with Gasteiger partial charge in [0.15, 0.2) is 5.69 Å². The highest BCUT2D eigenvalue weighted by Gasteiger charge is 2.34. The van der Waals surface area contributed by atoms with Gasteiger partial charge in [-0.15, -0.1) is 0 Å². The maximum Gasteiger partial charge on any atom is 0.435 e. The number of aryl methyl sites for hydroxylation is 1. The maximum absolute atomic E-state index is 12.6. The van der Waals surface area contributed by atoms with Crippen LogP contribution in [0.5, 0.6) is 0 Å². The molecule has 1 amide bonds. The lowest BCUT2D eigenvalue weighted by atomic mass is 10.2. The molecule has 0 unspecified atom stereocenters. The van der Waals surface area contributed by atoms with Crippen LogP contribution in [0.15, 0.2) is 35.2 Å². The van der Waals surface area contributed by atoms with Gasteiger partial charge >= 0.3 is 6.18 Å². The van der Waals surface area contributed by atoms with Gasteiger partial charge in [0.25, 0.3) is 0 Å². The first-order chi connectivity index (χ1) is 11.5. The van der Waals surface area contributed by atoms with E-state index in [2.05, 4.69) is 10.4 Å². The van der Waals surface area contributed by atoms with Crippen molar-refractivity contribution in [3.8, 4) is 0 Å². The van der Waals surface area contributed by atoms with Crippen molar-refractivity contribution in [1.29, 1.82) is 0 Å². The number of primary sulfonamides is 1. The number of nitrogens with two attached hydrogens (primary N) is 1. The predicted molar refractivity (Wildman–Crippen MR) is 81.6 cm³/mol. The van der Waals surface area contributed by atoms with Crippen LogP contribution < -0.4 is 10.5 Å². The molecule has 7 nitrogen and oxygen atoms in total. The summed E-state index contributed by atoms with van der Waals surface area (Å²) in [6, 6.07) is 6.40. The molecule has 1 aromatic carbocycles. The highest BCUT2D eigenvalue weighted by Crippen LogP contribution is 2.28. The van der Waals surface area contributed by atoms with Crippen molar-refractivity contribution in [2.45, 2.75) is 31.1 Å². The number of benzene rings is 1. The zero-order chi connectivity index (χ0) is 18.8. The minimum absolute atomic E-state index is 0.0607. The molecule has 136 valence electrons. The summed E-state index contributed by atoms with van der Waals surface area (Å²) in [5.74, 6) is -0.532. The normalized spacial score (nSPS) is 12.2. The molecule has 0 aliphatic heterocycles. The summed E-state index contributed by atoms with van der Waals surface area (Å²) < 4.78 is 61.0. The Hall–Kier alpha value is -2.40. The van der Waals surface area contributed by atoms with E-state index in [1.54, 1.807) is 0 Å². The van der Waals surface area contributed by atoms with E-state index in [0.717, 1.165) is 10.7 Å². The van der Waals surface area contributed by atoms with E-state index >= 15 is 0 Å². The number of hydrogen-bond acceptors (Lipinski definition) is 4. The summed E-state index contributed by atoms with van der Waals surface area (Å²) in [7, 11) is -3.80. The third kappa shape index (κ3) is 5.03. The van der Waals surface area contributed by atoms with Crippen molar-refractivity contribution in [2.24, 2.45) is 5.14 Å². The van der Waals surface area contributed by atoms with Crippen molar-refractivity contribution in [1.82, 2.24) is 15.1 Å². The molecule has 0 saturated heterocycles. The number of alkyl halides is 3. The van der Waals surface area contributed by atoms with E-state index in [1.165, 1.54) is 31.2 Å². The maximum atomic E-state index is 12.6. The number of carbonyl (C=O) groups excluding carboxylic acids is 1. The van der Waals surface area contributed by atoms with Crippen LogP contribution in [0.3, 0.4) is 0 Å². The summed E-state index contributed by atoms with van der Waals surface area (Å²) in [4.78, 5) is 11.8. The topological polar surface area (TPSA) is 107 Å². The van der Waals surface area contributed by atoms with E-state index in [-0.39, 0.29) is 23.7 Å². The molecule has 1 aromatic heterocycles. The van der Waals surface area contributed by atoms with E-state index < -0.39 is 27.8 Å². The molecule has 2 rings (SSSR count). The van der Waals surface area contributed by atoms with Crippen LogP contribution in [0.25, 0.3) is 0 Å². The Morgan fingerprint density at radius 3 is 2.36 bits per heavy atom. The van der Waals surface area contributed by atoms with Crippen molar-refractivity contribution < 1.29 is 26.4 Å². The largest absolute Gasteiger partial charge is 0.435 e. The average molecular weight is 376 g/mol. The molecule has 2 aromatic rings. The van der Waals surface area contributed by atoms with Gasteiger partial charge in [0.1, 0.15) is 6.54 Å². The van der Waals surface area contributed by atoms with E-state index in [4.69, 9.17) is 5.14 Å². The standard InChI is InChI=1S/C14H15F3N4O3S/c1-9-6-12(14(15,16)17)20-21(9)8-13(22)19-7-10-2-4-11(5-3-10)25(18,23)24/h2-6H,7-8H2,1H3,(H,19,22)(H2,18,23,24). The molecule has 11 heteroatoms. The highest BCUT2D eigenvalue weighted by molar-refractivity contribution is 7.89. The molecule has 0 spiro atoms. The van der Waals surface area contributed by atoms with Gasteiger partial charge in [-0.05, 0) is 30.7 Å². The van der Waals surface area contributed by atoms with E-state index in [9.17, 15) is 26.4 Å². The van der Waals surface area contributed by atoms with Gasteiger partial charge in [-0.2, -0.15) is 18.3 Å². The molecular formula is C14H15F3N4O3S. The monoisotopic (exact) mass is 376 g/mol. The van der Waals surface area contributed by atoms with E-state index in [1.807, 2.05) is 0 Å². The molecule has 0 aliphatic carbocycles. The van der Waals surface area contributed by atoms with E-state index in [0.29, 0.717) is 5.56 Å². The summed E-state index contributed by atoms with van der Waals surface area (Å²) in [5.41, 5.74) is -0.245. The quantitative estimate of drug-likeness (QED) is 0.817. The highest BCUT2D eigenvalue weighted by atomic mass is 32.2. The molecule has 0 bridgehead atoms. The molecule has 0 radical (unpaired) electrons. The van der Waals surface area contributed by atoms with Crippen LogP contribution in [0.4, 0.5) is 13.2 Å². The molecular weight excluding hydrogens is 361 g/mol. The van der Waals surface area contributed by atoms with Gasteiger partial charge in [0.2, 0.25) is 15.9 Å². The smallest absolute Gasteiger partial charge is 0.350 e. The summed E-state index contributed by atoms with van der Waals surface area (Å²) in [6.45, 7) is 1.13. The molecule has 3 N–H and O–H groups in total. The van der Waals surface area contributed by atoms with Crippen molar-refractivity contribution in [3.05, 3.63) is 47.3 Å². The number of nitrogens with one attached hydrogen (secondary N) is 1. The predicted octanol–water partition coefficient (Wildman–Crippen LogP) is 1.17. The first-order valence-electron chi connectivity index (χ1n) is 6.97. The first kappa shape index (κ1) is 18.9. The SMILES string of the molecule is Cc1cc(C(F)(F)F)nn1CC(=O)NCc1ccc(S(N)(=O)=O)cc1. The van der Waals surface area contributed by atoms with Gasteiger partial charge < -0.3 is 5.32 Å². The van der Waals surface area contributed by atoms with Crippen molar-refractivity contribution >= 4 is 15.9 Å². The second-order valence-electron chi connectivity index (χ2n) is 5.29. The fraction of sp³-hybridized carbons (Fsp3) is 0.286. The fourth-order valence-electron chi connectivity index (χ4n) is 2.00. The van der Waals surface area contributed by atoms with Gasteiger partial charge in [-0.1, -0.05) is 12.1 Å². The second kappa shape index (κ2) is 6.84. The lowest BCUT2D eigenvalue weighted by Gasteiger charge is -2.07. The van der Waals surface area contributed by atoms with Gasteiger partial charge in [-0.25, -0.2) is 13.6 Å². The lowest BCUT2D eigenvalue weighted by molar-refractivity contribution is -0.141. The Morgan fingerprint density at radius 1 is 1.28 bits per heavy atom. The van der Waals surface area contributed by atoms with Crippen LogP contribution in [0, 0.1) is 6.92 Å². The number of aromatic nitrogens is 2. The molecule has 25 heavy (non-hydrogen) atoms. The fourth-order valence-corrected chi connectivity index (χ4v) is 2.51. The summed E-state index contributed by atoms with van der Waals surface area (Å²) in [6.07, 6.45) is -4.57. The first-order valence-corrected chi connectivity index (χ1v) is 8.51. The number of nitrogens with zero attached hydrogens (tertiary/aromatic N) is 2.